The number of thioether (sulfide) groups is 1. The van der Waals surface area contributed by atoms with Crippen LogP contribution in [0.4, 0.5) is 5.69 Å². The summed E-state index contributed by atoms with van der Waals surface area (Å²) >= 11 is 1.41. The topological polar surface area (TPSA) is 61.9 Å². The fourth-order valence-corrected chi connectivity index (χ4v) is 4.34. The second-order valence-electron chi connectivity index (χ2n) is 6.97. The monoisotopic (exact) mass is 372 g/mol. The molecule has 0 radical (unpaired) electrons. The number of para-hydroxylation sites is 1. The molecule has 0 atom stereocenters. The number of amides is 1. The van der Waals surface area contributed by atoms with Gasteiger partial charge in [-0.3, -0.25) is 9.89 Å². The zero-order chi connectivity index (χ0) is 18.4. The average Bonchev–Trinajstić information content (AvgIpc) is 3.32. The van der Waals surface area contributed by atoms with Crippen LogP contribution in [0.25, 0.3) is 0 Å². The van der Waals surface area contributed by atoms with E-state index in [0.717, 1.165) is 29.4 Å². The Hall–Kier alpha value is -1.82. The molecule has 1 saturated carbocycles. The average molecular weight is 373 g/mol. The van der Waals surface area contributed by atoms with Gasteiger partial charge in [-0.2, -0.15) is 0 Å². The molecule has 1 aliphatic carbocycles. The number of nitrogens with zero attached hydrogens (tertiary/aromatic N) is 3. The lowest BCUT2D eigenvalue weighted by atomic mass is 10.0. The lowest BCUT2D eigenvalue weighted by Crippen LogP contribution is -2.32. The molecule has 3 rings (SSSR count). The number of H-pyrrole nitrogens is 1. The zero-order valence-electron chi connectivity index (χ0n) is 15.7. The Bertz CT molecular complexity index is 724. The number of anilines is 1. The molecular formula is C20H28N4OS. The van der Waals surface area contributed by atoms with Crippen molar-refractivity contribution in [1.82, 2.24) is 15.2 Å². The van der Waals surface area contributed by atoms with E-state index in [4.69, 9.17) is 0 Å². The molecule has 1 heterocycles. The van der Waals surface area contributed by atoms with Crippen LogP contribution in [0.15, 0.2) is 29.4 Å². The van der Waals surface area contributed by atoms with Gasteiger partial charge in [-0.05, 0) is 37.8 Å². The quantitative estimate of drug-likeness (QED) is 0.699. The van der Waals surface area contributed by atoms with Crippen LogP contribution in [0.3, 0.4) is 0 Å². The smallest absolute Gasteiger partial charge is 0.237 e. The van der Waals surface area contributed by atoms with Crippen LogP contribution in [0, 0.1) is 12.8 Å². The van der Waals surface area contributed by atoms with E-state index in [1.807, 2.05) is 43.0 Å². The van der Waals surface area contributed by atoms with Crippen molar-refractivity contribution in [3.05, 3.63) is 35.7 Å². The van der Waals surface area contributed by atoms with Crippen LogP contribution in [-0.2, 0) is 11.2 Å². The van der Waals surface area contributed by atoms with E-state index in [1.54, 1.807) is 0 Å². The molecule has 2 aromatic rings. The summed E-state index contributed by atoms with van der Waals surface area (Å²) in [7, 11) is 0. The Morgan fingerprint density at radius 2 is 2.08 bits per heavy atom. The van der Waals surface area contributed by atoms with Crippen molar-refractivity contribution in [2.45, 2.75) is 57.5 Å². The van der Waals surface area contributed by atoms with Crippen molar-refractivity contribution >= 4 is 23.4 Å². The van der Waals surface area contributed by atoms with Crippen LogP contribution in [0.5, 0.6) is 0 Å². The van der Waals surface area contributed by atoms with Crippen molar-refractivity contribution in [3.8, 4) is 0 Å². The molecule has 140 valence electrons. The molecule has 0 saturated heterocycles. The third-order valence-electron chi connectivity index (χ3n) is 5.12. The van der Waals surface area contributed by atoms with E-state index in [2.05, 4.69) is 15.2 Å². The van der Waals surface area contributed by atoms with Crippen LogP contribution < -0.4 is 4.90 Å². The Morgan fingerprint density at radius 1 is 1.31 bits per heavy atom. The van der Waals surface area contributed by atoms with Crippen molar-refractivity contribution in [2.75, 3.05) is 17.2 Å². The summed E-state index contributed by atoms with van der Waals surface area (Å²) in [6.07, 6.45) is 7.61. The zero-order valence-corrected chi connectivity index (χ0v) is 16.5. The van der Waals surface area contributed by atoms with Crippen molar-refractivity contribution < 1.29 is 4.79 Å². The molecule has 1 aromatic heterocycles. The van der Waals surface area contributed by atoms with E-state index in [0.29, 0.717) is 17.5 Å². The molecule has 1 fully saturated rings. The number of rotatable bonds is 8. The molecule has 1 aromatic carbocycles. The normalized spacial score (nSPS) is 14.7. The SMILES string of the molecule is CCN(C(=O)CSc1n[nH]c(CCC2CCCC2)n1)c1ccccc1C. The van der Waals surface area contributed by atoms with Crippen LogP contribution >= 0.6 is 11.8 Å². The van der Waals surface area contributed by atoms with Crippen LogP contribution in [-0.4, -0.2) is 33.4 Å². The van der Waals surface area contributed by atoms with E-state index < -0.39 is 0 Å². The summed E-state index contributed by atoms with van der Waals surface area (Å²) in [4.78, 5) is 19.0. The Labute approximate surface area is 160 Å². The van der Waals surface area contributed by atoms with Gasteiger partial charge in [0.25, 0.3) is 0 Å². The van der Waals surface area contributed by atoms with Gasteiger partial charge in [0.05, 0.1) is 5.75 Å². The molecule has 0 unspecified atom stereocenters. The lowest BCUT2D eigenvalue weighted by molar-refractivity contribution is -0.116. The molecule has 6 heteroatoms. The first-order valence-electron chi connectivity index (χ1n) is 9.57. The summed E-state index contributed by atoms with van der Waals surface area (Å²) in [5.74, 6) is 2.23. The Balaban J connectivity index is 1.51. The molecule has 5 nitrogen and oxygen atoms in total. The minimum atomic E-state index is 0.0871. The summed E-state index contributed by atoms with van der Waals surface area (Å²) < 4.78 is 0. The van der Waals surface area contributed by atoms with Gasteiger partial charge in [0.1, 0.15) is 5.82 Å². The predicted octanol–water partition coefficient (Wildman–Crippen LogP) is 4.38. The summed E-state index contributed by atoms with van der Waals surface area (Å²) in [6, 6.07) is 7.99. The van der Waals surface area contributed by atoms with Gasteiger partial charge in [0, 0.05) is 18.7 Å². The number of carbonyl (C=O) groups excluding carboxylic acids is 1. The van der Waals surface area contributed by atoms with Gasteiger partial charge in [-0.25, -0.2) is 4.98 Å². The fraction of sp³-hybridized carbons (Fsp3) is 0.550. The summed E-state index contributed by atoms with van der Waals surface area (Å²) in [5.41, 5.74) is 2.09. The molecular weight excluding hydrogens is 344 g/mol. The highest BCUT2D eigenvalue weighted by molar-refractivity contribution is 7.99. The molecule has 0 bridgehead atoms. The van der Waals surface area contributed by atoms with Crippen LogP contribution in [0.1, 0.15) is 50.4 Å². The van der Waals surface area contributed by atoms with Crippen LogP contribution in [0.2, 0.25) is 0 Å². The molecule has 0 spiro atoms. The largest absolute Gasteiger partial charge is 0.312 e. The number of benzene rings is 1. The van der Waals surface area contributed by atoms with E-state index >= 15 is 0 Å². The standard InChI is InChI=1S/C20H28N4OS/c1-3-24(17-11-7-4-8-15(17)2)19(25)14-26-20-21-18(22-23-20)13-12-16-9-5-6-10-16/h4,7-8,11,16H,3,5-6,9-10,12-14H2,1-2H3,(H,21,22,23). The van der Waals surface area contributed by atoms with Gasteiger partial charge in [0.15, 0.2) is 0 Å². The molecule has 1 aliphatic rings. The third kappa shape index (κ3) is 4.87. The number of nitrogens with one attached hydrogen (secondary N) is 1. The molecule has 0 aliphatic heterocycles. The highest BCUT2D eigenvalue weighted by Crippen LogP contribution is 2.28. The van der Waals surface area contributed by atoms with E-state index in [1.165, 1.54) is 43.9 Å². The van der Waals surface area contributed by atoms with Crippen molar-refractivity contribution in [3.63, 3.8) is 0 Å². The number of hydrogen-bond donors (Lipinski definition) is 1. The molecule has 26 heavy (non-hydrogen) atoms. The van der Waals surface area contributed by atoms with Gasteiger partial charge in [0.2, 0.25) is 11.1 Å². The number of aromatic nitrogens is 3. The Morgan fingerprint density at radius 3 is 2.81 bits per heavy atom. The fourth-order valence-electron chi connectivity index (χ4n) is 3.65. The van der Waals surface area contributed by atoms with Gasteiger partial charge >= 0.3 is 0 Å². The number of hydrogen-bond acceptors (Lipinski definition) is 4. The molecule has 1 N–H and O–H groups in total. The Kier molecular flexibility index (Phi) is 6.72. The summed E-state index contributed by atoms with van der Waals surface area (Å²) in [5, 5.41) is 7.96. The maximum absolute atomic E-state index is 12.6. The van der Waals surface area contributed by atoms with E-state index in [9.17, 15) is 4.79 Å². The third-order valence-corrected chi connectivity index (χ3v) is 5.96. The first kappa shape index (κ1) is 19.0. The highest BCUT2D eigenvalue weighted by Gasteiger charge is 2.18. The van der Waals surface area contributed by atoms with E-state index in [-0.39, 0.29) is 5.91 Å². The van der Waals surface area contributed by atoms with Gasteiger partial charge < -0.3 is 4.90 Å². The maximum Gasteiger partial charge on any atom is 0.237 e. The predicted molar refractivity (Wildman–Crippen MR) is 107 cm³/mol. The second kappa shape index (κ2) is 9.21. The first-order valence-corrected chi connectivity index (χ1v) is 10.6. The number of aromatic amines is 1. The van der Waals surface area contributed by atoms with Gasteiger partial charge in [-0.1, -0.05) is 55.6 Å². The van der Waals surface area contributed by atoms with Gasteiger partial charge in [-0.15, -0.1) is 5.10 Å². The summed E-state index contributed by atoms with van der Waals surface area (Å²) in [6.45, 7) is 4.69. The number of carbonyl (C=O) groups is 1. The maximum atomic E-state index is 12.6. The lowest BCUT2D eigenvalue weighted by Gasteiger charge is -2.22. The minimum Gasteiger partial charge on any atom is -0.312 e. The van der Waals surface area contributed by atoms with Crippen molar-refractivity contribution in [1.29, 1.82) is 0 Å². The second-order valence-corrected chi connectivity index (χ2v) is 7.91. The number of aryl methyl sites for hydroxylation is 2. The minimum absolute atomic E-state index is 0.0871. The first-order chi connectivity index (χ1) is 12.7. The molecule has 1 amide bonds. The van der Waals surface area contributed by atoms with Crippen molar-refractivity contribution in [2.24, 2.45) is 5.92 Å². The highest BCUT2D eigenvalue weighted by atomic mass is 32.2.